The number of nitrogens with zero attached hydrogens (tertiary/aromatic N) is 1. The van der Waals surface area contributed by atoms with Crippen molar-refractivity contribution in [2.45, 2.75) is 25.5 Å². The van der Waals surface area contributed by atoms with E-state index < -0.39 is 15.1 Å². The molecule has 0 aromatic carbocycles. The molecule has 0 saturated carbocycles. The maximum atomic E-state index is 11.5. The van der Waals surface area contributed by atoms with E-state index in [-0.39, 0.29) is 6.42 Å². The number of rotatable bonds is 5. The van der Waals surface area contributed by atoms with E-state index in [2.05, 4.69) is 4.98 Å². The quantitative estimate of drug-likeness (QED) is 0.768. The number of carbonyl (C=O) groups is 1. The van der Waals surface area contributed by atoms with Crippen LogP contribution in [0.2, 0.25) is 0 Å². The lowest BCUT2D eigenvalue weighted by Gasteiger charge is -2.12. The van der Waals surface area contributed by atoms with Crippen LogP contribution in [-0.2, 0) is 14.6 Å². The number of carbonyl (C=O) groups excluding carboxylic acids is 1. The van der Waals surface area contributed by atoms with Crippen molar-refractivity contribution in [2.75, 3.05) is 6.26 Å². The second-order valence-electron chi connectivity index (χ2n) is 3.90. The standard InChI is InChI=1S/C11H15NO3S2/c1-8(6-10-7-16-9(2)12-10)11(4-5-13)17(3,14)15/h5-7,11H,4H2,1-3H3/b8-6+/t11-/m0/s1. The molecule has 17 heavy (non-hydrogen) atoms. The summed E-state index contributed by atoms with van der Waals surface area (Å²) in [4.78, 5) is 14.8. The van der Waals surface area contributed by atoms with Gasteiger partial charge in [-0.2, -0.15) is 0 Å². The van der Waals surface area contributed by atoms with Crippen LogP contribution in [0.4, 0.5) is 0 Å². The average molecular weight is 273 g/mol. The van der Waals surface area contributed by atoms with Gasteiger partial charge in [0.15, 0.2) is 9.84 Å². The predicted octanol–water partition coefficient (Wildman–Crippen LogP) is 1.86. The Balaban J connectivity index is 3.03. The minimum absolute atomic E-state index is 0.00964. The lowest BCUT2D eigenvalue weighted by Crippen LogP contribution is -2.21. The van der Waals surface area contributed by atoms with Crippen molar-refractivity contribution < 1.29 is 13.2 Å². The molecular weight excluding hydrogens is 258 g/mol. The van der Waals surface area contributed by atoms with Crippen LogP contribution in [0.3, 0.4) is 0 Å². The number of aldehydes is 1. The number of hydrogen-bond acceptors (Lipinski definition) is 5. The molecule has 0 aliphatic rings. The highest BCUT2D eigenvalue weighted by molar-refractivity contribution is 7.91. The highest BCUT2D eigenvalue weighted by Crippen LogP contribution is 2.18. The van der Waals surface area contributed by atoms with Crippen molar-refractivity contribution in [3.8, 4) is 0 Å². The molecule has 0 amide bonds. The van der Waals surface area contributed by atoms with Crippen molar-refractivity contribution in [1.82, 2.24) is 4.98 Å². The second kappa shape index (κ2) is 5.55. The SMILES string of the molecule is C/C(=C\c1csc(C)n1)[C@H](CC=O)S(C)(=O)=O. The maximum absolute atomic E-state index is 11.5. The van der Waals surface area contributed by atoms with Crippen LogP contribution < -0.4 is 0 Å². The maximum Gasteiger partial charge on any atom is 0.154 e. The van der Waals surface area contributed by atoms with E-state index in [0.29, 0.717) is 11.9 Å². The first-order valence-corrected chi connectivity index (χ1v) is 7.91. The molecule has 1 rings (SSSR count). The van der Waals surface area contributed by atoms with Crippen LogP contribution in [0.15, 0.2) is 11.0 Å². The van der Waals surface area contributed by atoms with Crippen LogP contribution in [0.25, 0.3) is 6.08 Å². The minimum Gasteiger partial charge on any atom is -0.303 e. The Labute approximate surface area is 105 Å². The summed E-state index contributed by atoms with van der Waals surface area (Å²) in [6.45, 7) is 3.60. The zero-order valence-corrected chi connectivity index (χ0v) is 11.6. The normalized spacial score (nSPS) is 14.6. The van der Waals surface area contributed by atoms with Crippen LogP contribution >= 0.6 is 11.3 Å². The Bertz CT molecular complexity index is 529. The van der Waals surface area contributed by atoms with Gasteiger partial charge in [0.25, 0.3) is 0 Å². The third-order valence-corrected chi connectivity index (χ3v) is 4.74. The van der Waals surface area contributed by atoms with Gasteiger partial charge >= 0.3 is 0 Å². The molecule has 0 bridgehead atoms. The van der Waals surface area contributed by atoms with Gasteiger partial charge in [0.1, 0.15) is 6.29 Å². The van der Waals surface area contributed by atoms with Gasteiger partial charge in [0.2, 0.25) is 0 Å². The van der Waals surface area contributed by atoms with Crippen LogP contribution in [-0.4, -0.2) is 31.2 Å². The minimum atomic E-state index is -3.26. The van der Waals surface area contributed by atoms with Gasteiger partial charge < -0.3 is 4.79 Å². The fraction of sp³-hybridized carbons (Fsp3) is 0.455. The van der Waals surface area contributed by atoms with Crippen molar-refractivity contribution in [1.29, 1.82) is 0 Å². The highest BCUT2D eigenvalue weighted by Gasteiger charge is 2.22. The molecule has 1 atom stereocenters. The zero-order valence-electron chi connectivity index (χ0n) is 10.0. The van der Waals surface area contributed by atoms with Crippen molar-refractivity contribution in [3.05, 3.63) is 21.7 Å². The molecule has 0 fully saturated rings. The molecule has 0 spiro atoms. The van der Waals surface area contributed by atoms with Gasteiger partial charge in [-0.15, -0.1) is 11.3 Å². The van der Waals surface area contributed by atoms with E-state index in [4.69, 9.17) is 0 Å². The van der Waals surface area contributed by atoms with E-state index in [0.717, 1.165) is 17.0 Å². The van der Waals surface area contributed by atoms with Crippen LogP contribution in [0.5, 0.6) is 0 Å². The van der Waals surface area contributed by atoms with E-state index in [1.165, 1.54) is 11.3 Å². The molecule has 4 nitrogen and oxygen atoms in total. The van der Waals surface area contributed by atoms with Gasteiger partial charge in [-0.25, -0.2) is 13.4 Å². The molecule has 1 aromatic rings. The molecule has 1 aromatic heterocycles. The van der Waals surface area contributed by atoms with Gasteiger partial charge in [0, 0.05) is 18.1 Å². The summed E-state index contributed by atoms with van der Waals surface area (Å²) in [5.74, 6) is 0. The van der Waals surface area contributed by atoms with Crippen molar-refractivity contribution >= 4 is 33.5 Å². The van der Waals surface area contributed by atoms with E-state index in [1.807, 2.05) is 12.3 Å². The van der Waals surface area contributed by atoms with E-state index in [1.54, 1.807) is 13.0 Å². The first kappa shape index (κ1) is 14.1. The third-order valence-electron chi connectivity index (χ3n) is 2.35. The second-order valence-corrected chi connectivity index (χ2v) is 7.19. The van der Waals surface area contributed by atoms with Gasteiger partial charge in [0.05, 0.1) is 16.0 Å². The number of aryl methyl sites for hydroxylation is 1. The van der Waals surface area contributed by atoms with Crippen molar-refractivity contribution in [2.24, 2.45) is 0 Å². The number of hydrogen-bond donors (Lipinski definition) is 0. The molecule has 0 unspecified atom stereocenters. The van der Waals surface area contributed by atoms with Crippen LogP contribution in [0.1, 0.15) is 24.0 Å². The Kier molecular flexibility index (Phi) is 4.59. The topological polar surface area (TPSA) is 64.1 Å². The summed E-state index contributed by atoms with van der Waals surface area (Å²) < 4.78 is 23.1. The molecule has 94 valence electrons. The summed E-state index contributed by atoms with van der Waals surface area (Å²) in [7, 11) is -3.26. The summed E-state index contributed by atoms with van der Waals surface area (Å²) in [6, 6.07) is 0. The molecule has 0 N–H and O–H groups in total. The Hall–Kier alpha value is -1.01. The summed E-state index contributed by atoms with van der Waals surface area (Å²) in [5, 5.41) is 2.04. The molecule has 0 saturated heterocycles. The van der Waals surface area contributed by atoms with Crippen LogP contribution in [0, 0.1) is 6.92 Å². The van der Waals surface area contributed by atoms with Gasteiger partial charge in [-0.3, -0.25) is 0 Å². The van der Waals surface area contributed by atoms with Gasteiger partial charge in [-0.05, 0) is 19.9 Å². The number of aromatic nitrogens is 1. The lowest BCUT2D eigenvalue weighted by molar-refractivity contribution is -0.107. The monoisotopic (exact) mass is 273 g/mol. The fourth-order valence-electron chi connectivity index (χ4n) is 1.56. The fourth-order valence-corrected chi connectivity index (χ4v) is 3.30. The molecule has 6 heteroatoms. The first-order chi connectivity index (χ1) is 7.84. The molecule has 0 aliphatic heterocycles. The largest absolute Gasteiger partial charge is 0.303 e. The zero-order chi connectivity index (χ0) is 13.1. The number of thiazole rings is 1. The van der Waals surface area contributed by atoms with E-state index in [9.17, 15) is 13.2 Å². The van der Waals surface area contributed by atoms with E-state index >= 15 is 0 Å². The highest BCUT2D eigenvalue weighted by atomic mass is 32.2. The van der Waals surface area contributed by atoms with Crippen molar-refractivity contribution in [3.63, 3.8) is 0 Å². The molecule has 0 aliphatic carbocycles. The van der Waals surface area contributed by atoms with Gasteiger partial charge in [-0.1, -0.05) is 5.57 Å². The Morgan fingerprint density at radius 1 is 1.59 bits per heavy atom. The Morgan fingerprint density at radius 2 is 2.24 bits per heavy atom. The average Bonchev–Trinajstić information content (AvgIpc) is 2.58. The summed E-state index contributed by atoms with van der Waals surface area (Å²) in [6.07, 6.45) is 3.49. The summed E-state index contributed by atoms with van der Waals surface area (Å²) in [5.41, 5.74) is 1.38. The molecule has 0 radical (unpaired) electrons. The molecular formula is C11H15NO3S2. The predicted molar refractivity (Wildman–Crippen MR) is 69.8 cm³/mol. The molecule has 1 heterocycles. The summed E-state index contributed by atoms with van der Waals surface area (Å²) >= 11 is 1.50. The third kappa shape index (κ3) is 4.05. The Morgan fingerprint density at radius 3 is 2.65 bits per heavy atom. The first-order valence-electron chi connectivity index (χ1n) is 5.07. The lowest BCUT2D eigenvalue weighted by atomic mass is 10.1. The number of sulfone groups is 1. The smallest absolute Gasteiger partial charge is 0.154 e.